The van der Waals surface area contributed by atoms with Crippen LogP contribution >= 0.6 is 0 Å². The number of ether oxygens (including phenoxy) is 2. The monoisotopic (exact) mass is 239 g/mol. The standard InChI is InChI=1S/C12H21N3O2/c1-4-5-17-12-8-14-7-10(15-12)6-11(13-2)9-16-3/h7-8,11,13H,4-6,9H2,1-3H3. The van der Waals surface area contributed by atoms with Crippen LogP contribution in [-0.2, 0) is 11.2 Å². The van der Waals surface area contributed by atoms with E-state index in [0.717, 1.165) is 18.5 Å². The zero-order chi connectivity index (χ0) is 12.5. The summed E-state index contributed by atoms with van der Waals surface area (Å²) in [6.07, 6.45) is 5.15. The van der Waals surface area contributed by atoms with Gasteiger partial charge in [0.25, 0.3) is 0 Å². The molecule has 0 aliphatic rings. The Bertz CT molecular complexity index is 320. The number of nitrogens with one attached hydrogen (secondary N) is 1. The molecular weight excluding hydrogens is 218 g/mol. The van der Waals surface area contributed by atoms with E-state index in [1.165, 1.54) is 0 Å². The summed E-state index contributed by atoms with van der Waals surface area (Å²) in [5.74, 6) is 0.594. The molecule has 17 heavy (non-hydrogen) atoms. The number of likely N-dealkylation sites (N-methyl/N-ethyl adjacent to an activating group) is 1. The maximum atomic E-state index is 5.45. The van der Waals surface area contributed by atoms with E-state index in [0.29, 0.717) is 19.1 Å². The first-order valence-electron chi connectivity index (χ1n) is 5.90. The van der Waals surface area contributed by atoms with Gasteiger partial charge in [0.1, 0.15) is 0 Å². The van der Waals surface area contributed by atoms with Crippen LogP contribution in [0.4, 0.5) is 0 Å². The van der Waals surface area contributed by atoms with E-state index >= 15 is 0 Å². The third-order valence-corrected chi connectivity index (χ3v) is 2.35. The molecule has 5 heteroatoms. The van der Waals surface area contributed by atoms with Crippen molar-refractivity contribution in [3.63, 3.8) is 0 Å². The first kappa shape index (κ1) is 13.9. The molecule has 1 aromatic rings. The molecule has 1 heterocycles. The van der Waals surface area contributed by atoms with Gasteiger partial charge in [-0.15, -0.1) is 0 Å². The van der Waals surface area contributed by atoms with Crippen molar-refractivity contribution in [2.24, 2.45) is 0 Å². The van der Waals surface area contributed by atoms with Crippen molar-refractivity contribution < 1.29 is 9.47 Å². The summed E-state index contributed by atoms with van der Waals surface area (Å²) < 4.78 is 10.6. The summed E-state index contributed by atoms with van der Waals surface area (Å²) in [6.45, 7) is 3.39. The van der Waals surface area contributed by atoms with E-state index in [9.17, 15) is 0 Å². The number of methoxy groups -OCH3 is 1. The largest absolute Gasteiger partial charge is 0.477 e. The number of rotatable bonds is 8. The van der Waals surface area contributed by atoms with Crippen LogP contribution in [0.25, 0.3) is 0 Å². The summed E-state index contributed by atoms with van der Waals surface area (Å²) in [5.41, 5.74) is 0.912. The van der Waals surface area contributed by atoms with Crippen LogP contribution in [-0.4, -0.2) is 43.4 Å². The lowest BCUT2D eigenvalue weighted by molar-refractivity contribution is 0.169. The lowest BCUT2D eigenvalue weighted by atomic mass is 10.2. The zero-order valence-corrected chi connectivity index (χ0v) is 10.8. The molecule has 0 saturated heterocycles. The zero-order valence-electron chi connectivity index (χ0n) is 10.8. The summed E-state index contributed by atoms with van der Waals surface area (Å²) in [5, 5.41) is 3.18. The number of aromatic nitrogens is 2. The lowest BCUT2D eigenvalue weighted by Gasteiger charge is -2.14. The second-order valence-corrected chi connectivity index (χ2v) is 3.84. The van der Waals surface area contributed by atoms with Crippen LogP contribution in [0.1, 0.15) is 19.0 Å². The van der Waals surface area contributed by atoms with E-state index in [2.05, 4.69) is 22.2 Å². The molecule has 0 aliphatic carbocycles. The van der Waals surface area contributed by atoms with Crippen molar-refractivity contribution in [3.05, 3.63) is 18.1 Å². The van der Waals surface area contributed by atoms with Gasteiger partial charge in [-0.25, -0.2) is 4.98 Å². The van der Waals surface area contributed by atoms with Gasteiger partial charge in [0.05, 0.1) is 25.1 Å². The molecule has 0 aliphatic heterocycles. The molecule has 0 fully saturated rings. The van der Waals surface area contributed by atoms with Gasteiger partial charge in [0.2, 0.25) is 5.88 Å². The van der Waals surface area contributed by atoms with Gasteiger partial charge >= 0.3 is 0 Å². The maximum absolute atomic E-state index is 5.45. The number of hydrogen-bond donors (Lipinski definition) is 1. The maximum Gasteiger partial charge on any atom is 0.232 e. The fraction of sp³-hybridized carbons (Fsp3) is 0.667. The molecule has 0 saturated carbocycles. The van der Waals surface area contributed by atoms with Crippen molar-refractivity contribution in [1.82, 2.24) is 15.3 Å². The lowest BCUT2D eigenvalue weighted by Crippen LogP contribution is -2.32. The summed E-state index contributed by atoms with van der Waals surface area (Å²) in [6, 6.07) is 0.246. The third kappa shape index (κ3) is 5.10. The van der Waals surface area contributed by atoms with Gasteiger partial charge in [-0.2, -0.15) is 0 Å². The quantitative estimate of drug-likeness (QED) is 0.734. The van der Waals surface area contributed by atoms with E-state index < -0.39 is 0 Å². The fourth-order valence-corrected chi connectivity index (χ4v) is 1.46. The first-order chi connectivity index (χ1) is 8.30. The number of hydrogen-bond acceptors (Lipinski definition) is 5. The molecule has 1 rings (SSSR count). The van der Waals surface area contributed by atoms with Gasteiger partial charge in [-0.3, -0.25) is 4.98 Å². The van der Waals surface area contributed by atoms with Gasteiger partial charge in [-0.1, -0.05) is 6.92 Å². The molecular formula is C12H21N3O2. The van der Waals surface area contributed by atoms with Gasteiger partial charge in [0.15, 0.2) is 0 Å². The summed E-state index contributed by atoms with van der Waals surface area (Å²) in [7, 11) is 3.60. The summed E-state index contributed by atoms with van der Waals surface area (Å²) in [4.78, 5) is 8.53. The van der Waals surface area contributed by atoms with E-state index in [4.69, 9.17) is 9.47 Å². The SMILES string of the molecule is CCCOc1cncc(CC(COC)NC)n1. The molecule has 1 aromatic heterocycles. The predicted molar refractivity (Wildman–Crippen MR) is 66.2 cm³/mol. The van der Waals surface area contributed by atoms with Crippen molar-refractivity contribution in [2.45, 2.75) is 25.8 Å². The highest BCUT2D eigenvalue weighted by Crippen LogP contribution is 2.07. The van der Waals surface area contributed by atoms with Crippen molar-refractivity contribution in [1.29, 1.82) is 0 Å². The Balaban J connectivity index is 2.57. The Morgan fingerprint density at radius 3 is 2.88 bits per heavy atom. The Labute approximate surface area is 103 Å². The van der Waals surface area contributed by atoms with Crippen LogP contribution < -0.4 is 10.1 Å². The molecule has 5 nitrogen and oxygen atoms in total. The molecule has 1 N–H and O–H groups in total. The highest BCUT2D eigenvalue weighted by Gasteiger charge is 2.09. The van der Waals surface area contributed by atoms with Crippen molar-refractivity contribution in [2.75, 3.05) is 27.4 Å². The molecule has 96 valence electrons. The molecule has 0 spiro atoms. The topological polar surface area (TPSA) is 56.3 Å². The Hall–Kier alpha value is -1.20. The average molecular weight is 239 g/mol. The smallest absolute Gasteiger partial charge is 0.232 e. The Morgan fingerprint density at radius 1 is 1.41 bits per heavy atom. The summed E-state index contributed by atoms with van der Waals surface area (Å²) >= 11 is 0. The second-order valence-electron chi connectivity index (χ2n) is 3.84. The van der Waals surface area contributed by atoms with E-state index in [1.54, 1.807) is 19.5 Å². The van der Waals surface area contributed by atoms with Gasteiger partial charge in [0, 0.05) is 25.8 Å². The minimum absolute atomic E-state index is 0.246. The predicted octanol–water partition coefficient (Wildman–Crippen LogP) is 1.04. The first-order valence-corrected chi connectivity index (χ1v) is 5.90. The van der Waals surface area contributed by atoms with Crippen molar-refractivity contribution in [3.8, 4) is 5.88 Å². The second kappa shape index (κ2) is 7.97. The Kier molecular flexibility index (Phi) is 6.50. The van der Waals surface area contributed by atoms with Crippen LogP contribution in [0.5, 0.6) is 5.88 Å². The highest BCUT2D eigenvalue weighted by molar-refractivity contribution is 5.09. The van der Waals surface area contributed by atoms with E-state index in [-0.39, 0.29) is 6.04 Å². The van der Waals surface area contributed by atoms with Crippen LogP contribution in [0.2, 0.25) is 0 Å². The van der Waals surface area contributed by atoms with Crippen LogP contribution in [0.15, 0.2) is 12.4 Å². The van der Waals surface area contributed by atoms with Gasteiger partial charge < -0.3 is 14.8 Å². The molecule has 0 bridgehead atoms. The van der Waals surface area contributed by atoms with E-state index in [1.807, 2.05) is 7.05 Å². The molecule has 0 amide bonds. The van der Waals surface area contributed by atoms with Crippen molar-refractivity contribution >= 4 is 0 Å². The number of nitrogens with zero attached hydrogens (tertiary/aromatic N) is 2. The van der Waals surface area contributed by atoms with Gasteiger partial charge in [-0.05, 0) is 13.5 Å². The average Bonchev–Trinajstić information content (AvgIpc) is 2.36. The van der Waals surface area contributed by atoms with Crippen LogP contribution in [0, 0.1) is 0 Å². The minimum atomic E-state index is 0.246. The Morgan fingerprint density at radius 2 is 2.24 bits per heavy atom. The molecule has 0 aromatic carbocycles. The highest BCUT2D eigenvalue weighted by atomic mass is 16.5. The third-order valence-electron chi connectivity index (χ3n) is 2.35. The molecule has 1 unspecified atom stereocenters. The normalized spacial score (nSPS) is 12.4. The molecule has 0 radical (unpaired) electrons. The van der Waals surface area contributed by atoms with Crippen LogP contribution in [0.3, 0.4) is 0 Å². The fourth-order valence-electron chi connectivity index (χ4n) is 1.46. The minimum Gasteiger partial charge on any atom is -0.477 e. The molecule has 1 atom stereocenters.